The number of sulfonamides is 1. The van der Waals surface area contributed by atoms with Crippen molar-refractivity contribution in [2.45, 2.75) is 25.3 Å². The Morgan fingerprint density at radius 1 is 1.24 bits per heavy atom. The molecule has 0 N–H and O–H groups in total. The van der Waals surface area contributed by atoms with E-state index in [0.717, 1.165) is 33.5 Å². The van der Waals surface area contributed by atoms with Gasteiger partial charge in [0.05, 0.1) is 15.1 Å². The number of thiazole rings is 1. The summed E-state index contributed by atoms with van der Waals surface area (Å²) in [6.45, 7) is 8.17. The second-order valence-corrected chi connectivity index (χ2v) is 8.32. The summed E-state index contributed by atoms with van der Waals surface area (Å²) in [5.74, 6) is -0.492. The number of aromatic nitrogens is 1. The maximum absolute atomic E-state index is 13.0. The van der Waals surface area contributed by atoms with Gasteiger partial charge in [0, 0.05) is 6.54 Å². The number of fused-ring (bicyclic) bond motifs is 1. The predicted octanol–water partition coefficient (Wildman–Crippen LogP) is 3.93. The molecule has 0 aliphatic rings. The van der Waals surface area contributed by atoms with Crippen LogP contribution in [0.15, 0.2) is 58.3 Å². The van der Waals surface area contributed by atoms with E-state index >= 15 is 0 Å². The highest BCUT2D eigenvalue weighted by Crippen LogP contribution is 2.24. The summed E-state index contributed by atoms with van der Waals surface area (Å²) >= 11 is 1.32. The lowest BCUT2D eigenvalue weighted by molar-refractivity contribution is 0.594. The van der Waals surface area contributed by atoms with E-state index in [1.807, 2.05) is 24.5 Å². The van der Waals surface area contributed by atoms with Gasteiger partial charge < -0.3 is 4.57 Å². The third-order valence-electron chi connectivity index (χ3n) is 3.74. The fourth-order valence-corrected chi connectivity index (χ4v) is 4.94. The lowest BCUT2D eigenvalue weighted by atomic mass is 10.1. The minimum atomic E-state index is -3.93. The third kappa shape index (κ3) is 3.43. The minimum Gasteiger partial charge on any atom is -0.312 e. The Morgan fingerprint density at radius 2 is 1.92 bits per heavy atom. The first-order chi connectivity index (χ1) is 11.8. The van der Waals surface area contributed by atoms with Gasteiger partial charge >= 0.3 is 0 Å². The van der Waals surface area contributed by atoms with E-state index in [-0.39, 0.29) is 4.90 Å². The number of hydrogen-bond donors (Lipinski definition) is 0. The van der Waals surface area contributed by atoms with Gasteiger partial charge in [-0.05, 0) is 55.3 Å². The standard InChI is InChI=1S/C18H17FN2O2S2/c1-4-9-21-16-11-12(2)10-13(3)17(16)24-18(21)20-25(22,23)15-7-5-14(19)6-8-15/h4-8,10-11H,1,9H2,2-3H3/b20-18-. The van der Waals surface area contributed by atoms with E-state index in [1.165, 1.54) is 23.5 Å². The van der Waals surface area contributed by atoms with Gasteiger partial charge in [-0.2, -0.15) is 8.42 Å². The molecular weight excluding hydrogens is 359 g/mol. The molecule has 0 aliphatic heterocycles. The SMILES string of the molecule is C=CCn1/c(=N/S(=O)(=O)c2ccc(F)cc2)sc2c(C)cc(C)cc21. The molecule has 0 amide bonds. The Bertz CT molecular complexity index is 1120. The van der Waals surface area contributed by atoms with Crippen molar-refractivity contribution in [1.29, 1.82) is 0 Å². The molecule has 0 atom stereocenters. The van der Waals surface area contributed by atoms with E-state index in [1.54, 1.807) is 6.08 Å². The van der Waals surface area contributed by atoms with Gasteiger partial charge in [-0.15, -0.1) is 11.0 Å². The zero-order valence-corrected chi connectivity index (χ0v) is 15.5. The van der Waals surface area contributed by atoms with Crippen LogP contribution in [0.25, 0.3) is 10.2 Å². The van der Waals surface area contributed by atoms with Crippen LogP contribution in [-0.4, -0.2) is 13.0 Å². The van der Waals surface area contributed by atoms with Crippen LogP contribution in [0.4, 0.5) is 4.39 Å². The van der Waals surface area contributed by atoms with Crippen LogP contribution >= 0.6 is 11.3 Å². The first-order valence-corrected chi connectivity index (χ1v) is 9.85. The summed E-state index contributed by atoms with van der Waals surface area (Å²) in [5.41, 5.74) is 3.09. The average Bonchev–Trinajstić information content (AvgIpc) is 2.86. The molecule has 3 rings (SSSR count). The van der Waals surface area contributed by atoms with Crippen LogP contribution in [0.2, 0.25) is 0 Å². The van der Waals surface area contributed by atoms with E-state index < -0.39 is 15.8 Å². The van der Waals surface area contributed by atoms with Gasteiger partial charge in [-0.25, -0.2) is 4.39 Å². The van der Waals surface area contributed by atoms with Crippen molar-refractivity contribution >= 4 is 31.6 Å². The minimum absolute atomic E-state index is 0.0376. The largest absolute Gasteiger partial charge is 0.312 e. The van der Waals surface area contributed by atoms with Gasteiger partial charge in [0.2, 0.25) is 4.80 Å². The molecule has 0 saturated carbocycles. The highest BCUT2D eigenvalue weighted by atomic mass is 32.2. The fourth-order valence-electron chi connectivity index (χ4n) is 2.65. The summed E-state index contributed by atoms with van der Waals surface area (Å²) < 4.78 is 45.0. The number of nitrogens with zero attached hydrogens (tertiary/aromatic N) is 2. The van der Waals surface area contributed by atoms with Crippen molar-refractivity contribution in [2.24, 2.45) is 4.40 Å². The highest BCUT2D eigenvalue weighted by molar-refractivity contribution is 7.90. The second kappa shape index (κ2) is 6.57. The van der Waals surface area contributed by atoms with Crippen LogP contribution in [0.3, 0.4) is 0 Å². The highest BCUT2D eigenvalue weighted by Gasteiger charge is 2.15. The summed E-state index contributed by atoms with van der Waals surface area (Å²) in [5, 5.41) is 0. The van der Waals surface area contributed by atoms with Crippen LogP contribution in [0.5, 0.6) is 0 Å². The molecule has 0 aliphatic carbocycles. The lowest BCUT2D eigenvalue weighted by Gasteiger charge is -2.04. The normalized spacial score (nSPS) is 12.7. The van der Waals surface area contributed by atoms with Crippen LogP contribution in [-0.2, 0) is 16.6 Å². The van der Waals surface area contributed by atoms with Crippen LogP contribution in [0.1, 0.15) is 11.1 Å². The molecule has 130 valence electrons. The zero-order valence-electron chi connectivity index (χ0n) is 13.9. The van der Waals surface area contributed by atoms with Crippen molar-refractivity contribution in [2.75, 3.05) is 0 Å². The summed E-state index contributed by atoms with van der Waals surface area (Å²) in [6, 6.07) is 8.71. The van der Waals surface area contributed by atoms with Crippen LogP contribution < -0.4 is 4.80 Å². The Labute approximate surface area is 149 Å². The monoisotopic (exact) mass is 376 g/mol. The van der Waals surface area contributed by atoms with Crippen LogP contribution in [0, 0.1) is 19.7 Å². The van der Waals surface area contributed by atoms with Crippen molar-refractivity contribution in [1.82, 2.24) is 4.57 Å². The summed E-state index contributed by atoms with van der Waals surface area (Å²) in [4.78, 5) is 0.331. The molecule has 0 saturated heterocycles. The van der Waals surface area contributed by atoms with Crippen molar-refractivity contribution in [3.63, 3.8) is 0 Å². The lowest BCUT2D eigenvalue weighted by Crippen LogP contribution is -2.16. The molecule has 2 aromatic carbocycles. The Morgan fingerprint density at radius 3 is 2.56 bits per heavy atom. The number of halogens is 1. The Hall–Kier alpha value is -2.25. The molecule has 0 bridgehead atoms. The Balaban J connectivity index is 2.28. The maximum Gasteiger partial charge on any atom is 0.285 e. The molecule has 0 unspecified atom stereocenters. The molecule has 25 heavy (non-hydrogen) atoms. The van der Waals surface area contributed by atoms with Gasteiger partial charge in [0.25, 0.3) is 10.0 Å². The average molecular weight is 376 g/mol. The molecule has 7 heteroatoms. The molecule has 0 spiro atoms. The first-order valence-electron chi connectivity index (χ1n) is 7.60. The predicted molar refractivity (Wildman–Crippen MR) is 98.6 cm³/mol. The van der Waals surface area contributed by atoms with Gasteiger partial charge in [0.1, 0.15) is 5.82 Å². The summed E-state index contributed by atoms with van der Waals surface area (Å²) in [7, 11) is -3.93. The smallest absolute Gasteiger partial charge is 0.285 e. The van der Waals surface area contributed by atoms with E-state index in [4.69, 9.17) is 0 Å². The topological polar surface area (TPSA) is 51.4 Å². The number of benzene rings is 2. The van der Waals surface area contributed by atoms with Crippen molar-refractivity contribution in [3.8, 4) is 0 Å². The summed E-state index contributed by atoms with van der Waals surface area (Å²) in [6.07, 6.45) is 1.70. The number of hydrogen-bond acceptors (Lipinski definition) is 3. The van der Waals surface area contributed by atoms with Crippen molar-refractivity contribution in [3.05, 3.63) is 70.8 Å². The van der Waals surface area contributed by atoms with Crippen molar-refractivity contribution < 1.29 is 12.8 Å². The van der Waals surface area contributed by atoms with Gasteiger partial charge in [0.15, 0.2) is 0 Å². The fraction of sp³-hybridized carbons (Fsp3) is 0.167. The molecule has 0 radical (unpaired) electrons. The molecule has 3 aromatic rings. The molecular formula is C18H17FN2O2S2. The Kier molecular flexibility index (Phi) is 4.62. The van der Waals surface area contributed by atoms with E-state index in [2.05, 4.69) is 17.0 Å². The van der Waals surface area contributed by atoms with E-state index in [9.17, 15) is 12.8 Å². The number of aryl methyl sites for hydroxylation is 2. The van der Waals surface area contributed by atoms with E-state index in [0.29, 0.717) is 11.3 Å². The second-order valence-electron chi connectivity index (χ2n) is 5.73. The molecule has 0 fully saturated rings. The quantitative estimate of drug-likeness (QED) is 0.648. The first kappa shape index (κ1) is 17.6. The van der Waals surface area contributed by atoms with Gasteiger partial charge in [-0.1, -0.05) is 23.5 Å². The zero-order chi connectivity index (χ0) is 18.2. The molecule has 1 heterocycles. The molecule has 4 nitrogen and oxygen atoms in total. The number of allylic oxidation sites excluding steroid dienone is 1. The maximum atomic E-state index is 13.0. The number of rotatable bonds is 4. The molecule has 1 aromatic heterocycles. The third-order valence-corrected chi connectivity index (χ3v) is 6.36. The van der Waals surface area contributed by atoms with Gasteiger partial charge in [-0.3, -0.25) is 0 Å².